The smallest absolute Gasteiger partial charge is 0.271 e. The molecule has 3 amide bonds. The van der Waals surface area contributed by atoms with Crippen LogP contribution in [-0.4, -0.2) is 22.7 Å². The number of nitrogens with zero attached hydrogens (tertiary/aromatic N) is 1. The molecule has 3 aliphatic carbocycles. The van der Waals surface area contributed by atoms with Crippen LogP contribution in [0.4, 0.5) is 0 Å². The van der Waals surface area contributed by atoms with Gasteiger partial charge in [0.15, 0.2) is 0 Å². The van der Waals surface area contributed by atoms with E-state index in [1.807, 2.05) is 0 Å². The Kier molecular flexibility index (Phi) is 2.65. The summed E-state index contributed by atoms with van der Waals surface area (Å²) >= 11 is 6.02. The van der Waals surface area contributed by atoms with Gasteiger partial charge in [0.2, 0.25) is 0 Å². The largest absolute Gasteiger partial charge is 0.272 e. The Morgan fingerprint density at radius 2 is 1.67 bits per heavy atom. The SMILES string of the molecule is O=C(NN1C(=O)[C@@H]2[C@H](C1=O)[C@H]1C=C[C@@H]2C12CC2)c1ccccc1Cl. The van der Waals surface area contributed by atoms with Crippen LogP contribution in [-0.2, 0) is 9.59 Å². The molecule has 1 spiro atoms. The third kappa shape index (κ3) is 1.58. The quantitative estimate of drug-likeness (QED) is 0.661. The molecule has 3 fully saturated rings. The molecule has 5 nitrogen and oxygen atoms in total. The highest BCUT2D eigenvalue weighted by Gasteiger charge is 2.73. The van der Waals surface area contributed by atoms with Crippen molar-refractivity contribution in [2.24, 2.45) is 29.1 Å². The molecular formula is C18H15ClN2O3. The van der Waals surface area contributed by atoms with Crippen molar-refractivity contribution >= 4 is 29.3 Å². The van der Waals surface area contributed by atoms with Gasteiger partial charge in [-0.3, -0.25) is 19.8 Å². The fraction of sp³-hybridized carbons (Fsp3) is 0.389. The van der Waals surface area contributed by atoms with Gasteiger partial charge in [-0.25, -0.2) is 0 Å². The van der Waals surface area contributed by atoms with Gasteiger partial charge < -0.3 is 0 Å². The Balaban J connectivity index is 1.42. The summed E-state index contributed by atoms with van der Waals surface area (Å²) in [6.45, 7) is 0. The van der Waals surface area contributed by atoms with Crippen molar-refractivity contribution in [2.75, 3.05) is 0 Å². The Morgan fingerprint density at radius 3 is 2.21 bits per heavy atom. The van der Waals surface area contributed by atoms with Crippen LogP contribution in [0.5, 0.6) is 0 Å². The van der Waals surface area contributed by atoms with E-state index in [2.05, 4.69) is 17.6 Å². The van der Waals surface area contributed by atoms with E-state index in [4.69, 9.17) is 11.6 Å². The molecule has 2 saturated carbocycles. The van der Waals surface area contributed by atoms with E-state index in [-0.39, 0.29) is 51.5 Å². The summed E-state index contributed by atoms with van der Waals surface area (Å²) in [5, 5.41) is 1.21. The first-order valence-electron chi connectivity index (χ1n) is 8.16. The summed E-state index contributed by atoms with van der Waals surface area (Å²) in [6, 6.07) is 6.56. The molecule has 4 aliphatic rings. The van der Waals surface area contributed by atoms with E-state index >= 15 is 0 Å². The molecule has 1 N–H and O–H groups in total. The molecule has 0 radical (unpaired) electrons. The van der Waals surface area contributed by atoms with Crippen molar-refractivity contribution in [3.63, 3.8) is 0 Å². The van der Waals surface area contributed by atoms with Gasteiger partial charge in [0.25, 0.3) is 17.7 Å². The Hall–Kier alpha value is -2.14. The second-order valence-electron chi connectivity index (χ2n) is 7.15. The van der Waals surface area contributed by atoms with E-state index in [1.165, 1.54) is 0 Å². The molecule has 24 heavy (non-hydrogen) atoms. The van der Waals surface area contributed by atoms with E-state index in [0.717, 1.165) is 17.9 Å². The third-order valence-corrected chi connectivity index (χ3v) is 6.51. The first-order chi connectivity index (χ1) is 11.5. The molecule has 2 bridgehead atoms. The third-order valence-electron chi connectivity index (χ3n) is 6.18. The van der Waals surface area contributed by atoms with Gasteiger partial charge in [-0.15, -0.1) is 0 Å². The first-order valence-corrected chi connectivity index (χ1v) is 8.54. The summed E-state index contributed by atoms with van der Waals surface area (Å²) < 4.78 is 0. The number of hydrazine groups is 1. The van der Waals surface area contributed by atoms with Gasteiger partial charge in [0.1, 0.15) is 0 Å². The van der Waals surface area contributed by atoms with E-state index < -0.39 is 5.91 Å². The van der Waals surface area contributed by atoms with Crippen molar-refractivity contribution in [1.29, 1.82) is 0 Å². The van der Waals surface area contributed by atoms with Gasteiger partial charge in [0.05, 0.1) is 22.4 Å². The maximum atomic E-state index is 12.8. The van der Waals surface area contributed by atoms with Crippen molar-refractivity contribution in [3.8, 4) is 0 Å². The molecule has 1 heterocycles. The number of hydrogen-bond donors (Lipinski definition) is 1. The second-order valence-corrected chi connectivity index (χ2v) is 7.56. The van der Waals surface area contributed by atoms with E-state index in [9.17, 15) is 14.4 Å². The predicted molar refractivity (Wildman–Crippen MR) is 85.5 cm³/mol. The highest BCUT2D eigenvalue weighted by atomic mass is 35.5. The minimum Gasteiger partial charge on any atom is -0.272 e. The number of amides is 3. The van der Waals surface area contributed by atoms with Gasteiger partial charge in [-0.1, -0.05) is 35.9 Å². The number of hydrogen-bond acceptors (Lipinski definition) is 3. The number of carbonyl (C=O) groups excluding carboxylic acids is 3. The average Bonchev–Trinajstić information content (AvgIpc) is 3.18. The van der Waals surface area contributed by atoms with Gasteiger partial charge in [-0.2, -0.15) is 5.01 Å². The number of fused-ring (bicyclic) bond motifs is 3. The number of benzene rings is 1. The lowest BCUT2D eigenvalue weighted by Gasteiger charge is -2.22. The molecule has 122 valence electrons. The number of rotatable bonds is 2. The number of imide groups is 1. The van der Waals surface area contributed by atoms with Crippen LogP contribution in [0.1, 0.15) is 23.2 Å². The van der Waals surface area contributed by atoms with Gasteiger partial charge >= 0.3 is 0 Å². The molecular weight excluding hydrogens is 328 g/mol. The zero-order valence-corrected chi connectivity index (χ0v) is 13.5. The van der Waals surface area contributed by atoms with Gasteiger partial charge in [-0.05, 0) is 42.2 Å². The lowest BCUT2D eigenvalue weighted by Crippen LogP contribution is -2.48. The summed E-state index contributed by atoms with van der Waals surface area (Å²) in [5.41, 5.74) is 2.86. The normalized spacial score (nSPS) is 34.1. The zero-order chi connectivity index (χ0) is 16.6. The lowest BCUT2D eigenvalue weighted by atomic mass is 9.85. The zero-order valence-electron chi connectivity index (χ0n) is 12.7. The van der Waals surface area contributed by atoms with Crippen molar-refractivity contribution in [3.05, 3.63) is 47.0 Å². The number of halogens is 1. The Labute approximate surface area is 143 Å². The molecule has 0 unspecified atom stereocenters. The molecule has 1 aliphatic heterocycles. The van der Waals surface area contributed by atoms with Crippen LogP contribution in [0, 0.1) is 29.1 Å². The lowest BCUT2D eigenvalue weighted by molar-refractivity contribution is -0.144. The highest BCUT2D eigenvalue weighted by molar-refractivity contribution is 6.33. The molecule has 5 rings (SSSR count). The molecule has 1 saturated heterocycles. The Bertz CT molecular complexity index is 795. The monoisotopic (exact) mass is 342 g/mol. The fourth-order valence-electron chi connectivity index (χ4n) is 5.00. The van der Waals surface area contributed by atoms with Crippen LogP contribution < -0.4 is 5.43 Å². The highest BCUT2D eigenvalue weighted by Crippen LogP contribution is 2.73. The molecule has 1 aromatic carbocycles. The van der Waals surface area contributed by atoms with Crippen molar-refractivity contribution < 1.29 is 14.4 Å². The van der Waals surface area contributed by atoms with Crippen LogP contribution in [0.2, 0.25) is 5.02 Å². The minimum atomic E-state index is -0.538. The molecule has 1 aromatic rings. The van der Waals surface area contributed by atoms with Crippen LogP contribution >= 0.6 is 11.6 Å². The summed E-state index contributed by atoms with van der Waals surface area (Å²) in [6.07, 6.45) is 6.39. The molecule has 6 heteroatoms. The predicted octanol–water partition coefficient (Wildman–Crippen LogP) is 2.18. The second kappa shape index (κ2) is 4.48. The maximum Gasteiger partial charge on any atom is 0.271 e. The standard InChI is InChI=1S/C18H15ClN2O3/c19-12-4-2-1-3-9(12)15(22)20-21-16(23)13-10-5-6-11(14(13)17(21)24)18(10)7-8-18/h1-6,10-11,13-14H,7-8H2,(H,20,22)/t10-,11+,13-,14+. The fourth-order valence-corrected chi connectivity index (χ4v) is 5.22. The minimum absolute atomic E-state index is 0.145. The van der Waals surface area contributed by atoms with E-state index in [1.54, 1.807) is 24.3 Å². The summed E-state index contributed by atoms with van der Waals surface area (Å²) in [7, 11) is 0. The number of carbonyl (C=O) groups is 3. The van der Waals surface area contributed by atoms with Gasteiger partial charge in [0, 0.05) is 0 Å². The molecule has 0 aromatic heterocycles. The van der Waals surface area contributed by atoms with Crippen LogP contribution in [0.15, 0.2) is 36.4 Å². The number of allylic oxidation sites excluding steroid dienone is 2. The summed E-state index contributed by atoms with van der Waals surface area (Å²) in [4.78, 5) is 37.9. The van der Waals surface area contributed by atoms with Crippen molar-refractivity contribution in [1.82, 2.24) is 10.4 Å². The maximum absolute atomic E-state index is 12.8. The molecule has 4 atom stereocenters. The Morgan fingerprint density at radius 1 is 1.08 bits per heavy atom. The average molecular weight is 343 g/mol. The van der Waals surface area contributed by atoms with Crippen LogP contribution in [0.3, 0.4) is 0 Å². The van der Waals surface area contributed by atoms with Crippen molar-refractivity contribution in [2.45, 2.75) is 12.8 Å². The van der Waals surface area contributed by atoms with E-state index in [0.29, 0.717) is 0 Å². The topological polar surface area (TPSA) is 66.5 Å². The summed E-state index contributed by atoms with van der Waals surface area (Å²) in [5.74, 6) is -1.45. The number of nitrogens with one attached hydrogen (secondary N) is 1. The van der Waals surface area contributed by atoms with Crippen LogP contribution in [0.25, 0.3) is 0 Å². The first kappa shape index (κ1) is 14.2.